The van der Waals surface area contributed by atoms with E-state index in [4.69, 9.17) is 4.74 Å². The fourth-order valence-electron chi connectivity index (χ4n) is 1.96. The highest BCUT2D eigenvalue weighted by Crippen LogP contribution is 2.14. The van der Waals surface area contributed by atoms with E-state index in [1.807, 2.05) is 0 Å². The van der Waals surface area contributed by atoms with Crippen molar-refractivity contribution in [1.29, 1.82) is 0 Å². The highest BCUT2D eigenvalue weighted by Gasteiger charge is 2.30. The van der Waals surface area contributed by atoms with Gasteiger partial charge in [-0.25, -0.2) is 0 Å². The van der Waals surface area contributed by atoms with Gasteiger partial charge < -0.3 is 14.7 Å². The molecule has 1 aromatic rings. The number of aliphatic hydroxyl groups excluding tert-OH is 1. The van der Waals surface area contributed by atoms with Gasteiger partial charge in [0, 0.05) is 18.9 Å². The average molecular weight is 239 g/mol. The van der Waals surface area contributed by atoms with Crippen molar-refractivity contribution in [3.63, 3.8) is 0 Å². The zero-order chi connectivity index (χ0) is 12.3. The van der Waals surface area contributed by atoms with Gasteiger partial charge in [0.2, 0.25) is 5.91 Å². The minimum Gasteiger partial charge on any atom is -0.394 e. The van der Waals surface area contributed by atoms with Gasteiger partial charge in [-0.05, 0) is 13.0 Å². The molecule has 2 unspecified atom stereocenters. The van der Waals surface area contributed by atoms with Crippen LogP contribution in [0.5, 0.6) is 0 Å². The summed E-state index contributed by atoms with van der Waals surface area (Å²) in [5.74, 6) is -0.0314. The zero-order valence-corrected chi connectivity index (χ0v) is 9.82. The van der Waals surface area contributed by atoms with Crippen molar-refractivity contribution < 1.29 is 14.6 Å². The number of morpholine rings is 1. The first-order valence-corrected chi connectivity index (χ1v) is 5.72. The Morgan fingerprint density at radius 3 is 3.18 bits per heavy atom. The number of hydrogen-bond donors (Lipinski definition) is 1. The predicted octanol–water partition coefficient (Wildman–Crippen LogP) is -0.336. The molecule has 0 saturated carbocycles. The van der Waals surface area contributed by atoms with Crippen molar-refractivity contribution in [2.75, 3.05) is 26.4 Å². The monoisotopic (exact) mass is 239 g/mol. The maximum Gasteiger partial charge on any atom is 0.247 e. The van der Waals surface area contributed by atoms with Crippen LogP contribution in [-0.4, -0.2) is 58.1 Å². The molecule has 0 radical (unpaired) electrons. The van der Waals surface area contributed by atoms with Crippen molar-refractivity contribution in [1.82, 2.24) is 14.7 Å². The molecule has 2 rings (SSSR count). The summed E-state index contributed by atoms with van der Waals surface area (Å²) < 4.78 is 6.86. The van der Waals surface area contributed by atoms with E-state index in [-0.39, 0.29) is 24.6 Å². The quantitative estimate of drug-likeness (QED) is 0.784. The van der Waals surface area contributed by atoms with Gasteiger partial charge in [-0.1, -0.05) is 0 Å². The van der Waals surface area contributed by atoms with Crippen LogP contribution >= 0.6 is 0 Å². The molecule has 1 amide bonds. The van der Waals surface area contributed by atoms with E-state index in [0.29, 0.717) is 19.8 Å². The second-order valence-electron chi connectivity index (χ2n) is 4.10. The van der Waals surface area contributed by atoms with Gasteiger partial charge in [-0.2, -0.15) is 5.10 Å². The molecule has 6 nitrogen and oxygen atoms in total. The minimum absolute atomic E-state index is 0.0314. The van der Waals surface area contributed by atoms with Crippen molar-refractivity contribution in [2.24, 2.45) is 0 Å². The molecule has 1 aromatic heterocycles. The Kier molecular flexibility index (Phi) is 3.75. The van der Waals surface area contributed by atoms with Gasteiger partial charge in [0.05, 0.1) is 25.9 Å². The fourth-order valence-corrected chi connectivity index (χ4v) is 1.96. The Labute approximate surface area is 99.8 Å². The Morgan fingerprint density at radius 2 is 2.53 bits per heavy atom. The lowest BCUT2D eigenvalue weighted by Gasteiger charge is -2.36. The number of amides is 1. The molecule has 0 spiro atoms. The zero-order valence-electron chi connectivity index (χ0n) is 9.82. The summed E-state index contributed by atoms with van der Waals surface area (Å²) in [7, 11) is 0. The summed E-state index contributed by atoms with van der Waals surface area (Å²) in [6.45, 7) is 3.18. The van der Waals surface area contributed by atoms with Crippen molar-refractivity contribution >= 4 is 5.91 Å². The summed E-state index contributed by atoms with van der Waals surface area (Å²) in [5, 5.41) is 13.3. The lowest BCUT2D eigenvalue weighted by Crippen LogP contribution is -2.52. The van der Waals surface area contributed by atoms with E-state index in [1.54, 1.807) is 35.0 Å². The molecule has 2 heterocycles. The van der Waals surface area contributed by atoms with Gasteiger partial charge in [0.1, 0.15) is 6.04 Å². The third-order valence-corrected chi connectivity index (χ3v) is 3.00. The molecule has 0 aliphatic carbocycles. The van der Waals surface area contributed by atoms with Crippen LogP contribution in [0.4, 0.5) is 0 Å². The Morgan fingerprint density at radius 1 is 1.71 bits per heavy atom. The van der Waals surface area contributed by atoms with Crippen LogP contribution in [0, 0.1) is 0 Å². The molecule has 6 heteroatoms. The second kappa shape index (κ2) is 5.29. The topological polar surface area (TPSA) is 67.6 Å². The van der Waals surface area contributed by atoms with Gasteiger partial charge in [-0.15, -0.1) is 0 Å². The maximum atomic E-state index is 12.3. The van der Waals surface area contributed by atoms with Crippen LogP contribution in [0.1, 0.15) is 13.0 Å². The Balaban J connectivity index is 2.07. The van der Waals surface area contributed by atoms with E-state index in [0.717, 1.165) is 0 Å². The number of nitrogens with zero attached hydrogens (tertiary/aromatic N) is 3. The number of hydrogen-bond acceptors (Lipinski definition) is 4. The predicted molar refractivity (Wildman–Crippen MR) is 60.3 cm³/mol. The summed E-state index contributed by atoms with van der Waals surface area (Å²) >= 11 is 0. The molecular weight excluding hydrogens is 222 g/mol. The molecule has 1 fully saturated rings. The number of ether oxygens (including phenoxy) is 1. The van der Waals surface area contributed by atoms with E-state index < -0.39 is 0 Å². The molecule has 0 bridgehead atoms. The van der Waals surface area contributed by atoms with Crippen molar-refractivity contribution in [2.45, 2.75) is 19.0 Å². The first kappa shape index (κ1) is 12.1. The SMILES string of the molecule is CC(C(=O)N1CCOCC1CO)n1cccn1. The van der Waals surface area contributed by atoms with Gasteiger partial charge in [-0.3, -0.25) is 9.48 Å². The molecule has 1 aliphatic rings. The summed E-state index contributed by atoms with van der Waals surface area (Å²) in [6.07, 6.45) is 3.41. The van der Waals surface area contributed by atoms with Crippen LogP contribution in [0.15, 0.2) is 18.5 Å². The van der Waals surface area contributed by atoms with Gasteiger partial charge in [0.15, 0.2) is 0 Å². The number of carbonyl (C=O) groups is 1. The first-order valence-electron chi connectivity index (χ1n) is 5.72. The highest BCUT2D eigenvalue weighted by molar-refractivity contribution is 5.80. The summed E-state index contributed by atoms with van der Waals surface area (Å²) in [4.78, 5) is 13.9. The number of rotatable bonds is 3. The van der Waals surface area contributed by atoms with Crippen LogP contribution in [-0.2, 0) is 9.53 Å². The molecule has 1 saturated heterocycles. The van der Waals surface area contributed by atoms with E-state index in [1.165, 1.54) is 0 Å². The molecule has 94 valence electrons. The normalized spacial score (nSPS) is 22.5. The molecule has 1 N–H and O–H groups in total. The maximum absolute atomic E-state index is 12.3. The average Bonchev–Trinajstić information content (AvgIpc) is 2.90. The van der Waals surface area contributed by atoms with Crippen molar-refractivity contribution in [3.05, 3.63) is 18.5 Å². The van der Waals surface area contributed by atoms with Crippen LogP contribution in [0.25, 0.3) is 0 Å². The molecule has 0 aromatic carbocycles. The van der Waals surface area contributed by atoms with E-state index in [2.05, 4.69) is 5.10 Å². The summed E-state index contributed by atoms with van der Waals surface area (Å²) in [6, 6.07) is 1.19. The third kappa shape index (κ3) is 2.48. The number of aliphatic hydroxyl groups is 1. The highest BCUT2D eigenvalue weighted by atomic mass is 16.5. The number of aromatic nitrogens is 2. The second-order valence-corrected chi connectivity index (χ2v) is 4.10. The van der Waals surface area contributed by atoms with Crippen LogP contribution < -0.4 is 0 Å². The molecule has 1 aliphatic heterocycles. The van der Waals surface area contributed by atoms with Crippen LogP contribution in [0.3, 0.4) is 0 Å². The molecule has 2 atom stereocenters. The van der Waals surface area contributed by atoms with E-state index in [9.17, 15) is 9.90 Å². The summed E-state index contributed by atoms with van der Waals surface area (Å²) in [5.41, 5.74) is 0. The number of carbonyl (C=O) groups excluding carboxylic acids is 1. The van der Waals surface area contributed by atoms with Crippen molar-refractivity contribution in [3.8, 4) is 0 Å². The third-order valence-electron chi connectivity index (χ3n) is 3.00. The van der Waals surface area contributed by atoms with Gasteiger partial charge in [0.25, 0.3) is 0 Å². The van der Waals surface area contributed by atoms with Gasteiger partial charge >= 0.3 is 0 Å². The lowest BCUT2D eigenvalue weighted by molar-refractivity contribution is -0.145. The Bertz CT molecular complexity index is 366. The standard InChI is InChI=1S/C11H17N3O3/c1-9(14-4-2-3-12-14)11(16)13-5-6-17-8-10(13)7-15/h2-4,9-10,15H,5-8H2,1H3. The minimum atomic E-state index is -0.350. The smallest absolute Gasteiger partial charge is 0.247 e. The largest absolute Gasteiger partial charge is 0.394 e. The Hall–Kier alpha value is -1.40. The fraction of sp³-hybridized carbons (Fsp3) is 0.636. The first-order chi connectivity index (χ1) is 8.24. The van der Waals surface area contributed by atoms with Crippen LogP contribution in [0.2, 0.25) is 0 Å². The molecule has 17 heavy (non-hydrogen) atoms. The van der Waals surface area contributed by atoms with E-state index >= 15 is 0 Å². The lowest BCUT2D eigenvalue weighted by atomic mass is 10.2. The molecular formula is C11H17N3O3.